The number of carboxylic acids is 1. The van der Waals surface area contributed by atoms with E-state index in [4.69, 9.17) is 5.11 Å². The number of nitrogens with zero attached hydrogens (tertiary/aromatic N) is 2. The Morgan fingerprint density at radius 1 is 1.41 bits per heavy atom. The molecule has 0 aliphatic carbocycles. The molecule has 0 saturated heterocycles. The molecule has 0 saturated carbocycles. The Morgan fingerprint density at radius 2 is 2.12 bits per heavy atom. The van der Waals surface area contributed by atoms with Gasteiger partial charge in [0.2, 0.25) is 0 Å². The van der Waals surface area contributed by atoms with Crippen molar-refractivity contribution < 1.29 is 9.90 Å². The molecule has 0 atom stereocenters. The van der Waals surface area contributed by atoms with Crippen LogP contribution in [0.15, 0.2) is 30.5 Å². The number of rotatable bonds is 3. The van der Waals surface area contributed by atoms with Crippen LogP contribution in [-0.2, 0) is 6.42 Å². The normalized spacial score (nSPS) is 10.5. The molecule has 2 aromatic rings. The van der Waals surface area contributed by atoms with E-state index < -0.39 is 5.97 Å². The van der Waals surface area contributed by atoms with Gasteiger partial charge >= 0.3 is 5.97 Å². The smallest absolute Gasteiger partial charge is 0.339 e. The molecule has 1 heterocycles. The Kier molecular flexibility index (Phi) is 2.95. The Bertz CT molecular complexity index is 558. The van der Waals surface area contributed by atoms with E-state index in [1.807, 2.05) is 24.3 Å². The Hall–Kier alpha value is -2.10. The quantitative estimate of drug-likeness (QED) is 0.881. The predicted molar refractivity (Wildman–Crippen MR) is 64.6 cm³/mol. The van der Waals surface area contributed by atoms with Crippen LogP contribution in [0.4, 0.5) is 0 Å². The molecule has 0 aliphatic rings. The maximum absolute atomic E-state index is 11.0. The molecule has 0 aliphatic heterocycles. The molecule has 0 radical (unpaired) electrons. The molecule has 1 aromatic carbocycles. The van der Waals surface area contributed by atoms with Crippen molar-refractivity contribution in [2.24, 2.45) is 0 Å². The van der Waals surface area contributed by atoms with Crippen molar-refractivity contribution in [2.45, 2.75) is 20.3 Å². The first kappa shape index (κ1) is 11.4. The van der Waals surface area contributed by atoms with Crippen molar-refractivity contribution in [1.82, 2.24) is 9.78 Å². The lowest BCUT2D eigenvalue weighted by Crippen LogP contribution is -1.99. The summed E-state index contributed by atoms with van der Waals surface area (Å²) in [4.78, 5) is 11.0. The van der Waals surface area contributed by atoms with Crippen LogP contribution in [0.1, 0.15) is 28.5 Å². The SMILES string of the molecule is CCc1ccccc1-n1cc(C(=O)O)c(C)n1. The van der Waals surface area contributed by atoms with Crippen LogP contribution in [0.25, 0.3) is 5.69 Å². The summed E-state index contributed by atoms with van der Waals surface area (Å²) in [6.45, 7) is 3.77. The van der Waals surface area contributed by atoms with Gasteiger partial charge in [0.1, 0.15) is 5.56 Å². The highest BCUT2D eigenvalue weighted by atomic mass is 16.4. The molecule has 2 rings (SSSR count). The molecule has 88 valence electrons. The molecule has 1 N–H and O–H groups in total. The van der Waals surface area contributed by atoms with Crippen molar-refractivity contribution in [2.75, 3.05) is 0 Å². The van der Waals surface area contributed by atoms with Crippen LogP contribution in [-0.4, -0.2) is 20.9 Å². The summed E-state index contributed by atoms with van der Waals surface area (Å²) in [5, 5.41) is 13.2. The van der Waals surface area contributed by atoms with Gasteiger partial charge in [0.25, 0.3) is 0 Å². The fraction of sp³-hybridized carbons (Fsp3) is 0.231. The fourth-order valence-electron chi connectivity index (χ4n) is 1.83. The van der Waals surface area contributed by atoms with E-state index >= 15 is 0 Å². The zero-order chi connectivity index (χ0) is 12.4. The molecule has 0 unspecified atom stereocenters. The van der Waals surface area contributed by atoms with Gasteiger partial charge in [0.15, 0.2) is 0 Å². The Labute approximate surface area is 99.5 Å². The van der Waals surface area contributed by atoms with Gasteiger partial charge in [-0.05, 0) is 25.0 Å². The van der Waals surface area contributed by atoms with Gasteiger partial charge in [0, 0.05) is 6.20 Å². The van der Waals surface area contributed by atoms with Gasteiger partial charge in [-0.2, -0.15) is 5.10 Å². The lowest BCUT2D eigenvalue weighted by molar-refractivity contribution is 0.0696. The summed E-state index contributed by atoms with van der Waals surface area (Å²) >= 11 is 0. The van der Waals surface area contributed by atoms with Gasteiger partial charge in [-0.1, -0.05) is 25.1 Å². The number of hydrogen-bond acceptors (Lipinski definition) is 2. The molecule has 1 aromatic heterocycles. The molecule has 4 nitrogen and oxygen atoms in total. The highest BCUT2D eigenvalue weighted by Crippen LogP contribution is 2.16. The number of hydrogen-bond donors (Lipinski definition) is 1. The molecule has 0 spiro atoms. The van der Waals surface area contributed by atoms with E-state index in [1.54, 1.807) is 17.8 Å². The molecule has 17 heavy (non-hydrogen) atoms. The minimum Gasteiger partial charge on any atom is -0.478 e. The van der Waals surface area contributed by atoms with E-state index in [1.165, 1.54) is 0 Å². The summed E-state index contributed by atoms with van der Waals surface area (Å²) in [6, 6.07) is 7.85. The minimum atomic E-state index is -0.942. The Morgan fingerprint density at radius 3 is 2.71 bits per heavy atom. The first-order valence-electron chi connectivity index (χ1n) is 5.51. The number of aromatic carboxylic acids is 1. The third-order valence-corrected chi connectivity index (χ3v) is 2.75. The van der Waals surface area contributed by atoms with Crippen LogP contribution in [0.2, 0.25) is 0 Å². The van der Waals surface area contributed by atoms with E-state index in [9.17, 15) is 4.79 Å². The summed E-state index contributed by atoms with van der Waals surface area (Å²) in [6.07, 6.45) is 2.45. The molecule has 0 bridgehead atoms. The highest BCUT2D eigenvalue weighted by Gasteiger charge is 2.13. The van der Waals surface area contributed by atoms with E-state index in [-0.39, 0.29) is 5.56 Å². The van der Waals surface area contributed by atoms with Crippen LogP contribution in [0.3, 0.4) is 0 Å². The first-order chi connectivity index (χ1) is 8.13. The van der Waals surface area contributed by atoms with Gasteiger partial charge in [-0.3, -0.25) is 0 Å². The predicted octanol–water partition coefficient (Wildman–Crippen LogP) is 2.44. The van der Waals surface area contributed by atoms with Gasteiger partial charge in [-0.15, -0.1) is 0 Å². The summed E-state index contributed by atoms with van der Waals surface area (Å²) < 4.78 is 1.64. The largest absolute Gasteiger partial charge is 0.478 e. The number of para-hydroxylation sites is 1. The van der Waals surface area contributed by atoms with E-state index in [0.717, 1.165) is 17.7 Å². The highest BCUT2D eigenvalue weighted by molar-refractivity contribution is 5.88. The third kappa shape index (κ3) is 2.06. The topological polar surface area (TPSA) is 55.1 Å². The molecule has 4 heteroatoms. The summed E-state index contributed by atoms with van der Waals surface area (Å²) in [5.74, 6) is -0.942. The Balaban J connectivity index is 2.53. The first-order valence-corrected chi connectivity index (χ1v) is 5.51. The third-order valence-electron chi connectivity index (χ3n) is 2.75. The number of aromatic nitrogens is 2. The van der Waals surface area contributed by atoms with Crippen LogP contribution >= 0.6 is 0 Å². The van der Waals surface area contributed by atoms with Crippen LogP contribution in [0, 0.1) is 6.92 Å². The summed E-state index contributed by atoms with van der Waals surface area (Å²) in [5.41, 5.74) is 2.86. The van der Waals surface area contributed by atoms with Crippen molar-refractivity contribution in [3.63, 3.8) is 0 Å². The van der Waals surface area contributed by atoms with E-state index in [0.29, 0.717) is 5.69 Å². The minimum absolute atomic E-state index is 0.246. The monoisotopic (exact) mass is 230 g/mol. The summed E-state index contributed by atoms with van der Waals surface area (Å²) in [7, 11) is 0. The number of aryl methyl sites for hydroxylation is 2. The molecular formula is C13H14N2O2. The molecular weight excluding hydrogens is 216 g/mol. The second kappa shape index (κ2) is 4.41. The van der Waals surface area contributed by atoms with Crippen molar-refractivity contribution in [3.8, 4) is 5.69 Å². The number of carboxylic acid groups (broad SMARTS) is 1. The van der Waals surface area contributed by atoms with Crippen molar-refractivity contribution in [3.05, 3.63) is 47.3 Å². The fourth-order valence-corrected chi connectivity index (χ4v) is 1.83. The lowest BCUT2D eigenvalue weighted by atomic mass is 10.1. The second-order valence-electron chi connectivity index (χ2n) is 3.86. The number of benzene rings is 1. The molecule has 0 amide bonds. The maximum Gasteiger partial charge on any atom is 0.339 e. The average Bonchev–Trinajstić information content (AvgIpc) is 2.71. The molecule has 0 fully saturated rings. The van der Waals surface area contributed by atoms with Crippen LogP contribution in [0.5, 0.6) is 0 Å². The van der Waals surface area contributed by atoms with Gasteiger partial charge < -0.3 is 5.11 Å². The van der Waals surface area contributed by atoms with Crippen molar-refractivity contribution >= 4 is 5.97 Å². The number of carbonyl (C=O) groups is 1. The average molecular weight is 230 g/mol. The van der Waals surface area contributed by atoms with Crippen molar-refractivity contribution in [1.29, 1.82) is 0 Å². The standard InChI is InChI=1S/C13H14N2O2/c1-3-10-6-4-5-7-12(10)15-8-11(13(16)17)9(2)14-15/h4-8H,3H2,1-2H3,(H,16,17). The zero-order valence-corrected chi connectivity index (χ0v) is 9.84. The zero-order valence-electron chi connectivity index (χ0n) is 9.84. The van der Waals surface area contributed by atoms with E-state index in [2.05, 4.69) is 12.0 Å². The van der Waals surface area contributed by atoms with Crippen LogP contribution < -0.4 is 0 Å². The maximum atomic E-state index is 11.0. The van der Waals surface area contributed by atoms with Gasteiger partial charge in [0.05, 0.1) is 11.4 Å². The lowest BCUT2D eigenvalue weighted by Gasteiger charge is -2.06. The van der Waals surface area contributed by atoms with Gasteiger partial charge in [-0.25, -0.2) is 9.48 Å². The second-order valence-corrected chi connectivity index (χ2v) is 3.86.